The van der Waals surface area contributed by atoms with Crippen molar-refractivity contribution >= 4 is 34.2 Å². The molecule has 1 aliphatic heterocycles. The molecule has 0 amide bonds. The number of nitrogens with two attached hydrogens (primary N) is 1. The van der Waals surface area contributed by atoms with Crippen molar-refractivity contribution in [1.82, 2.24) is 24.4 Å². The molecule has 0 radical (unpaired) electrons. The Bertz CT molecular complexity index is 1090. The van der Waals surface area contributed by atoms with Gasteiger partial charge in [-0.3, -0.25) is 4.57 Å². The molecular formula is C19H22N6O3S. The van der Waals surface area contributed by atoms with Gasteiger partial charge < -0.3 is 25.1 Å². The van der Waals surface area contributed by atoms with Crippen LogP contribution in [0.25, 0.3) is 11.2 Å². The number of nitrogens with one attached hydrogen (secondary N) is 1. The van der Waals surface area contributed by atoms with Gasteiger partial charge in [-0.2, -0.15) is 9.97 Å². The summed E-state index contributed by atoms with van der Waals surface area (Å²) in [6.45, 7) is 5.56. The molecule has 2 aromatic heterocycles. The lowest BCUT2D eigenvalue weighted by molar-refractivity contribution is 0.0693. The number of nitrogens with zero attached hydrogens (tertiary/aromatic N) is 4. The van der Waals surface area contributed by atoms with E-state index in [4.69, 9.17) is 27.4 Å². The monoisotopic (exact) mass is 414 g/mol. The second-order valence-corrected chi connectivity index (χ2v) is 7.03. The number of aromatic nitrogens is 4. The number of nitrogen functional groups attached to an aromatic ring is 1. The molecule has 0 spiro atoms. The van der Waals surface area contributed by atoms with Crippen LogP contribution in [0.3, 0.4) is 0 Å². The van der Waals surface area contributed by atoms with Gasteiger partial charge in [-0.15, -0.1) is 0 Å². The van der Waals surface area contributed by atoms with E-state index in [9.17, 15) is 4.79 Å². The quantitative estimate of drug-likeness (QED) is 0.598. The molecule has 29 heavy (non-hydrogen) atoms. The minimum absolute atomic E-state index is 0.149. The molecule has 3 N–H and O–H groups in total. The van der Waals surface area contributed by atoms with Crippen molar-refractivity contribution < 1.29 is 9.47 Å². The highest BCUT2D eigenvalue weighted by molar-refractivity contribution is 7.80. The number of rotatable bonds is 5. The molecule has 0 unspecified atom stereocenters. The zero-order valence-electron chi connectivity index (χ0n) is 16.1. The lowest BCUT2D eigenvalue weighted by atomic mass is 10.1. The molecule has 1 aromatic carbocycles. The van der Waals surface area contributed by atoms with E-state index in [-0.39, 0.29) is 17.5 Å². The summed E-state index contributed by atoms with van der Waals surface area (Å²) in [6, 6.07) is 8.02. The lowest BCUT2D eigenvalue weighted by Gasteiger charge is -2.29. The van der Waals surface area contributed by atoms with Crippen molar-refractivity contribution in [3.63, 3.8) is 0 Å². The van der Waals surface area contributed by atoms with E-state index >= 15 is 0 Å². The van der Waals surface area contributed by atoms with Gasteiger partial charge in [0.1, 0.15) is 10.5 Å². The number of ether oxygens (including phenoxy) is 2. The molecule has 9 nitrogen and oxygen atoms in total. The summed E-state index contributed by atoms with van der Waals surface area (Å²) in [5.41, 5.74) is 8.38. The smallest absolute Gasteiger partial charge is 0.328 e. The maximum Gasteiger partial charge on any atom is 0.328 e. The second-order valence-electron chi connectivity index (χ2n) is 6.64. The minimum atomic E-state index is -0.303. The van der Waals surface area contributed by atoms with Crippen molar-refractivity contribution in [2.45, 2.75) is 13.5 Å². The Balaban J connectivity index is 1.59. The normalized spacial score (nSPS) is 14.3. The van der Waals surface area contributed by atoms with E-state index in [0.29, 0.717) is 37.5 Å². The first kappa shape index (κ1) is 19.3. The topological polar surface area (TPSA) is 111 Å². The van der Waals surface area contributed by atoms with Gasteiger partial charge in [0.15, 0.2) is 11.5 Å². The molecule has 0 saturated carbocycles. The van der Waals surface area contributed by atoms with Gasteiger partial charge in [0.25, 0.3) is 0 Å². The Labute approximate surface area is 172 Å². The van der Waals surface area contributed by atoms with Crippen LogP contribution in [-0.2, 0) is 11.3 Å². The minimum Gasteiger partial charge on any atom is -0.464 e. The molecule has 3 heterocycles. The largest absolute Gasteiger partial charge is 0.464 e. The Hall–Kier alpha value is -2.98. The number of H-pyrrole nitrogens is 1. The van der Waals surface area contributed by atoms with Crippen LogP contribution >= 0.6 is 12.2 Å². The fourth-order valence-corrected chi connectivity index (χ4v) is 3.57. The number of morpholine rings is 1. The number of fused-ring (bicyclic) bond motifs is 1. The highest BCUT2D eigenvalue weighted by atomic mass is 32.1. The van der Waals surface area contributed by atoms with Gasteiger partial charge in [-0.25, -0.2) is 4.79 Å². The van der Waals surface area contributed by atoms with Gasteiger partial charge >= 0.3 is 11.7 Å². The van der Waals surface area contributed by atoms with Crippen LogP contribution in [0.5, 0.6) is 6.01 Å². The predicted octanol–water partition coefficient (Wildman–Crippen LogP) is 1.16. The number of benzene rings is 1. The Morgan fingerprint density at radius 2 is 2.00 bits per heavy atom. The molecule has 0 aliphatic carbocycles. The first-order chi connectivity index (χ1) is 14.1. The van der Waals surface area contributed by atoms with Gasteiger partial charge in [-0.1, -0.05) is 36.5 Å². The fraction of sp³-hybridized carbons (Fsp3) is 0.368. The van der Waals surface area contributed by atoms with Crippen LogP contribution in [0, 0.1) is 0 Å². The SMILES string of the molecule is CCOc1nc(N)c2[nH]c(=O)n(Cc3ccc(C(=S)N4CCOCC4)cc3)c2n1. The standard InChI is InChI=1S/C19H22N6O3S/c1-2-28-18-22-15(20)14-16(23-18)25(19(26)21-14)11-12-3-5-13(6-4-12)17(29)24-7-9-27-10-8-24/h3-6H,2,7-11H2,1H3,(H,21,26)(H2,20,22,23). The molecule has 10 heteroatoms. The fourth-order valence-electron chi connectivity index (χ4n) is 3.26. The molecule has 1 aliphatic rings. The summed E-state index contributed by atoms with van der Waals surface area (Å²) in [4.78, 5) is 26.5. The first-order valence-corrected chi connectivity index (χ1v) is 9.82. The van der Waals surface area contributed by atoms with E-state index in [1.807, 2.05) is 31.2 Å². The third-order valence-corrected chi connectivity index (χ3v) is 5.24. The van der Waals surface area contributed by atoms with Crippen molar-refractivity contribution in [2.75, 3.05) is 38.6 Å². The van der Waals surface area contributed by atoms with Crippen LogP contribution in [-0.4, -0.2) is 62.3 Å². The molecular weight excluding hydrogens is 392 g/mol. The number of aromatic amines is 1. The maximum atomic E-state index is 12.5. The lowest BCUT2D eigenvalue weighted by Crippen LogP contribution is -2.40. The van der Waals surface area contributed by atoms with Crippen molar-refractivity contribution in [1.29, 1.82) is 0 Å². The zero-order chi connectivity index (χ0) is 20.4. The average molecular weight is 414 g/mol. The van der Waals surface area contributed by atoms with E-state index < -0.39 is 0 Å². The van der Waals surface area contributed by atoms with Crippen molar-refractivity contribution in [3.05, 3.63) is 45.9 Å². The molecule has 0 bridgehead atoms. The highest BCUT2D eigenvalue weighted by Crippen LogP contribution is 2.19. The van der Waals surface area contributed by atoms with E-state index in [1.54, 1.807) is 0 Å². The van der Waals surface area contributed by atoms with E-state index in [0.717, 1.165) is 29.2 Å². The summed E-state index contributed by atoms with van der Waals surface area (Å²) >= 11 is 5.60. The van der Waals surface area contributed by atoms with Crippen molar-refractivity contribution in [3.8, 4) is 6.01 Å². The van der Waals surface area contributed by atoms with Crippen LogP contribution in [0.1, 0.15) is 18.1 Å². The van der Waals surface area contributed by atoms with Crippen LogP contribution in [0.15, 0.2) is 29.1 Å². The summed E-state index contributed by atoms with van der Waals surface area (Å²) < 4.78 is 12.2. The van der Waals surface area contributed by atoms with Crippen LogP contribution in [0.4, 0.5) is 5.82 Å². The van der Waals surface area contributed by atoms with E-state index in [1.165, 1.54) is 4.57 Å². The van der Waals surface area contributed by atoms with E-state index in [2.05, 4.69) is 19.9 Å². The summed E-state index contributed by atoms with van der Waals surface area (Å²) in [5, 5.41) is 0. The van der Waals surface area contributed by atoms with Gasteiger partial charge in [0, 0.05) is 18.7 Å². The van der Waals surface area contributed by atoms with Crippen molar-refractivity contribution in [2.24, 2.45) is 0 Å². The van der Waals surface area contributed by atoms with Gasteiger partial charge in [0.05, 0.1) is 26.4 Å². The molecule has 1 saturated heterocycles. The van der Waals surface area contributed by atoms with Gasteiger partial charge in [-0.05, 0) is 12.5 Å². The van der Waals surface area contributed by atoms with Gasteiger partial charge in [0.2, 0.25) is 0 Å². The van der Waals surface area contributed by atoms with Crippen LogP contribution in [0.2, 0.25) is 0 Å². The third-order valence-electron chi connectivity index (χ3n) is 4.74. The molecule has 0 atom stereocenters. The number of hydrogen-bond acceptors (Lipinski definition) is 7. The first-order valence-electron chi connectivity index (χ1n) is 9.41. The van der Waals surface area contributed by atoms with Crippen LogP contribution < -0.4 is 16.2 Å². The molecule has 152 valence electrons. The predicted molar refractivity (Wildman–Crippen MR) is 113 cm³/mol. The maximum absolute atomic E-state index is 12.5. The Kier molecular flexibility index (Phi) is 5.45. The number of thiocarbonyl (C=S) groups is 1. The Morgan fingerprint density at radius 1 is 1.28 bits per heavy atom. The third kappa shape index (κ3) is 3.94. The zero-order valence-corrected chi connectivity index (χ0v) is 16.9. The highest BCUT2D eigenvalue weighted by Gasteiger charge is 2.17. The number of anilines is 1. The number of hydrogen-bond donors (Lipinski definition) is 2. The molecule has 4 rings (SSSR count). The summed E-state index contributed by atoms with van der Waals surface area (Å²) in [6.07, 6.45) is 0. The molecule has 3 aromatic rings. The second kappa shape index (κ2) is 8.18. The number of imidazole rings is 1. The average Bonchev–Trinajstić information content (AvgIpc) is 3.05. The summed E-state index contributed by atoms with van der Waals surface area (Å²) in [7, 11) is 0. The Morgan fingerprint density at radius 3 is 2.69 bits per heavy atom. The summed E-state index contributed by atoms with van der Waals surface area (Å²) in [5.74, 6) is 0.181. The molecule has 1 fully saturated rings.